The Morgan fingerprint density at radius 2 is 2.00 bits per heavy atom. The second-order valence-corrected chi connectivity index (χ2v) is 1.73. The van der Waals surface area contributed by atoms with E-state index in [0.717, 1.165) is 6.33 Å². The quantitative estimate of drug-likeness (QED) is 0.539. The van der Waals surface area contributed by atoms with E-state index in [1.165, 1.54) is 12.3 Å². The average molecular weight is 182 g/mol. The van der Waals surface area contributed by atoms with Crippen molar-refractivity contribution in [3.63, 3.8) is 0 Å². The van der Waals surface area contributed by atoms with Gasteiger partial charge in [-0.05, 0) is 6.07 Å². The Morgan fingerprint density at radius 1 is 1.38 bits per heavy atom. The van der Waals surface area contributed by atoms with Gasteiger partial charge in [-0.2, -0.15) is 0 Å². The number of carbonyl (C=O) groups is 2. The van der Waals surface area contributed by atoms with Gasteiger partial charge in [0.1, 0.15) is 12.0 Å². The monoisotopic (exact) mass is 182 g/mol. The first-order chi connectivity index (χ1) is 6.22. The molecule has 1 aromatic rings. The molecule has 0 unspecified atom stereocenters. The molecule has 0 aromatic carbocycles. The van der Waals surface area contributed by atoms with E-state index in [9.17, 15) is 9.59 Å². The summed E-state index contributed by atoms with van der Waals surface area (Å²) in [7, 11) is 0. The molecule has 5 heteroatoms. The summed E-state index contributed by atoms with van der Waals surface area (Å²) in [5.74, 6) is -2.53. The second-order valence-electron chi connectivity index (χ2n) is 1.73. The van der Waals surface area contributed by atoms with E-state index in [1.807, 2.05) is 13.8 Å². The lowest BCUT2D eigenvalue weighted by Crippen LogP contribution is -2.14. The summed E-state index contributed by atoms with van der Waals surface area (Å²) >= 11 is 0. The maximum Gasteiger partial charge on any atom is 0.378 e. The Labute approximate surface area is 75.5 Å². The van der Waals surface area contributed by atoms with Crippen LogP contribution in [0.1, 0.15) is 24.3 Å². The topological polar surface area (TPSA) is 80.1 Å². The van der Waals surface area contributed by atoms with Crippen LogP contribution < -0.4 is 0 Å². The number of hydrogen-bond acceptors (Lipinski definition) is 4. The van der Waals surface area contributed by atoms with Crippen LogP contribution >= 0.6 is 0 Å². The maximum absolute atomic E-state index is 10.7. The normalized spacial score (nSPS) is 8.15. The minimum absolute atomic E-state index is 0.104. The van der Waals surface area contributed by atoms with Gasteiger partial charge in [0.15, 0.2) is 0 Å². The molecule has 1 N–H and O–H groups in total. The molecule has 13 heavy (non-hydrogen) atoms. The molecule has 0 atom stereocenters. The van der Waals surface area contributed by atoms with Crippen LogP contribution in [0.2, 0.25) is 0 Å². The number of carbonyl (C=O) groups excluding carboxylic acids is 1. The summed E-state index contributed by atoms with van der Waals surface area (Å²) in [6.45, 7) is 4.00. The standard InChI is InChI=1S/C6H4N2O3.C2H6/c9-5(6(10)11)4-1-2-7-3-8-4;1-2/h1-3H,(H,10,11);1-2H3. The molecule has 70 valence electrons. The van der Waals surface area contributed by atoms with Crippen molar-refractivity contribution in [2.45, 2.75) is 13.8 Å². The van der Waals surface area contributed by atoms with Crippen LogP contribution in [0.15, 0.2) is 18.6 Å². The molecule has 0 bridgehead atoms. The largest absolute Gasteiger partial charge is 0.475 e. The highest BCUT2D eigenvalue weighted by atomic mass is 16.4. The SMILES string of the molecule is CC.O=C(O)C(=O)c1ccncn1. The molecule has 0 aliphatic carbocycles. The number of rotatable bonds is 2. The molecule has 0 spiro atoms. The fourth-order valence-electron chi connectivity index (χ4n) is 0.535. The Morgan fingerprint density at radius 3 is 2.38 bits per heavy atom. The van der Waals surface area contributed by atoms with Crippen LogP contribution in [0.3, 0.4) is 0 Å². The van der Waals surface area contributed by atoms with E-state index in [0.29, 0.717) is 0 Å². The number of ketones is 1. The van der Waals surface area contributed by atoms with Crippen molar-refractivity contribution in [2.24, 2.45) is 0 Å². The number of aromatic nitrogens is 2. The molecule has 0 saturated heterocycles. The van der Waals surface area contributed by atoms with Gasteiger partial charge >= 0.3 is 5.97 Å². The summed E-state index contributed by atoms with van der Waals surface area (Å²) < 4.78 is 0. The van der Waals surface area contributed by atoms with Crippen LogP contribution in [-0.4, -0.2) is 26.8 Å². The van der Waals surface area contributed by atoms with Crippen molar-refractivity contribution < 1.29 is 14.7 Å². The highest BCUT2D eigenvalue weighted by Crippen LogP contribution is 1.92. The Bertz CT molecular complexity index is 285. The number of aliphatic carboxylic acids is 1. The number of carboxylic acids is 1. The Hall–Kier alpha value is -1.78. The number of nitrogens with zero attached hydrogens (tertiary/aromatic N) is 2. The summed E-state index contributed by atoms with van der Waals surface area (Å²) in [5.41, 5.74) is -0.104. The molecule has 0 radical (unpaired) electrons. The van der Waals surface area contributed by atoms with Crippen molar-refractivity contribution in [3.05, 3.63) is 24.3 Å². The van der Waals surface area contributed by atoms with Gasteiger partial charge in [-0.15, -0.1) is 0 Å². The number of carboxylic acid groups (broad SMARTS) is 1. The number of Topliss-reactive ketones (excluding diaryl/α,β-unsaturated/α-hetero) is 1. The van der Waals surface area contributed by atoms with Crippen LogP contribution in [0.25, 0.3) is 0 Å². The zero-order chi connectivity index (χ0) is 10.3. The van der Waals surface area contributed by atoms with Crippen LogP contribution in [0, 0.1) is 0 Å². The average Bonchev–Trinajstić information content (AvgIpc) is 2.21. The third-order valence-corrected chi connectivity index (χ3v) is 1.01. The summed E-state index contributed by atoms with van der Waals surface area (Å²) in [6, 6.07) is 1.25. The van der Waals surface area contributed by atoms with Crippen LogP contribution in [0.5, 0.6) is 0 Å². The van der Waals surface area contributed by atoms with E-state index >= 15 is 0 Å². The van der Waals surface area contributed by atoms with Crippen molar-refractivity contribution in [1.82, 2.24) is 9.97 Å². The van der Waals surface area contributed by atoms with Crippen LogP contribution in [0.4, 0.5) is 0 Å². The molecule has 5 nitrogen and oxygen atoms in total. The molecule has 0 fully saturated rings. The molecule has 0 aliphatic heterocycles. The third-order valence-electron chi connectivity index (χ3n) is 1.01. The molecule has 1 aromatic heterocycles. The van der Waals surface area contributed by atoms with Crippen molar-refractivity contribution in [1.29, 1.82) is 0 Å². The molecule has 0 saturated carbocycles. The summed E-state index contributed by atoms with van der Waals surface area (Å²) in [5, 5.41) is 8.23. The summed E-state index contributed by atoms with van der Waals surface area (Å²) in [4.78, 5) is 27.7. The first kappa shape index (κ1) is 11.2. The molecular formula is C8H10N2O3. The van der Waals surface area contributed by atoms with Crippen molar-refractivity contribution >= 4 is 11.8 Å². The lowest BCUT2D eigenvalue weighted by atomic mass is 10.3. The van der Waals surface area contributed by atoms with Gasteiger partial charge in [-0.25, -0.2) is 14.8 Å². The van der Waals surface area contributed by atoms with E-state index in [2.05, 4.69) is 9.97 Å². The first-order valence-corrected chi connectivity index (χ1v) is 3.75. The molecule has 1 rings (SSSR count). The van der Waals surface area contributed by atoms with E-state index in [1.54, 1.807) is 0 Å². The smallest absolute Gasteiger partial charge is 0.378 e. The predicted octanol–water partition coefficient (Wildman–Crippen LogP) is 0.770. The molecule has 0 aliphatic rings. The van der Waals surface area contributed by atoms with Gasteiger partial charge in [-0.1, -0.05) is 13.8 Å². The molecular weight excluding hydrogens is 172 g/mol. The number of hydrogen-bond donors (Lipinski definition) is 1. The van der Waals surface area contributed by atoms with E-state index in [-0.39, 0.29) is 5.69 Å². The van der Waals surface area contributed by atoms with Gasteiger partial charge in [0.05, 0.1) is 0 Å². The van der Waals surface area contributed by atoms with E-state index in [4.69, 9.17) is 5.11 Å². The minimum Gasteiger partial charge on any atom is -0.475 e. The van der Waals surface area contributed by atoms with Gasteiger partial charge in [0, 0.05) is 6.20 Å². The van der Waals surface area contributed by atoms with Crippen LogP contribution in [-0.2, 0) is 4.79 Å². The van der Waals surface area contributed by atoms with Gasteiger partial charge < -0.3 is 5.11 Å². The first-order valence-electron chi connectivity index (χ1n) is 3.75. The van der Waals surface area contributed by atoms with Gasteiger partial charge in [-0.3, -0.25) is 4.79 Å². The van der Waals surface area contributed by atoms with Crippen molar-refractivity contribution in [2.75, 3.05) is 0 Å². The lowest BCUT2D eigenvalue weighted by molar-refractivity contribution is -0.131. The third kappa shape index (κ3) is 3.42. The summed E-state index contributed by atoms with van der Waals surface area (Å²) in [6.07, 6.45) is 2.43. The predicted molar refractivity (Wildman–Crippen MR) is 45.3 cm³/mol. The van der Waals surface area contributed by atoms with Gasteiger partial charge in [0.25, 0.3) is 5.78 Å². The zero-order valence-electron chi connectivity index (χ0n) is 7.39. The van der Waals surface area contributed by atoms with E-state index < -0.39 is 11.8 Å². The maximum atomic E-state index is 10.7. The van der Waals surface area contributed by atoms with Crippen molar-refractivity contribution in [3.8, 4) is 0 Å². The zero-order valence-corrected chi connectivity index (χ0v) is 7.39. The van der Waals surface area contributed by atoms with Gasteiger partial charge in [0.2, 0.25) is 0 Å². The fraction of sp³-hybridized carbons (Fsp3) is 0.250. The molecule has 0 amide bonds. The Balaban J connectivity index is 0.000000671. The lowest BCUT2D eigenvalue weighted by Gasteiger charge is -1.90. The Kier molecular flexibility index (Phi) is 5.02. The second kappa shape index (κ2) is 5.82. The highest BCUT2D eigenvalue weighted by molar-refractivity contribution is 6.39. The molecule has 1 heterocycles. The highest BCUT2D eigenvalue weighted by Gasteiger charge is 2.14. The fourth-order valence-corrected chi connectivity index (χ4v) is 0.535. The minimum atomic E-state index is -1.51.